The van der Waals surface area contributed by atoms with Gasteiger partial charge in [0, 0.05) is 0 Å². The molecule has 0 spiro atoms. The second-order valence-electron chi connectivity index (χ2n) is 4.03. The normalized spacial score (nSPS) is 31.3. The molecule has 1 heterocycles. The van der Waals surface area contributed by atoms with Gasteiger partial charge in [-0.25, -0.2) is 0 Å². The molecule has 1 aliphatic heterocycles. The molecule has 1 heteroatoms. The van der Waals surface area contributed by atoms with Crippen LogP contribution in [0, 0.1) is 5.92 Å². The Labute approximate surface area is 69.4 Å². The van der Waals surface area contributed by atoms with Crippen molar-refractivity contribution >= 4 is 0 Å². The minimum absolute atomic E-state index is 0.114. The topological polar surface area (TPSA) is 9.23 Å². The maximum absolute atomic E-state index is 5.69. The molecular formula is C10H18O. The number of ether oxygens (including phenoxy) is 1. The summed E-state index contributed by atoms with van der Waals surface area (Å²) < 4.78 is 5.69. The van der Waals surface area contributed by atoms with Crippen LogP contribution in [0.3, 0.4) is 0 Å². The molecule has 1 unspecified atom stereocenters. The largest absolute Gasteiger partial charge is 0.371 e. The van der Waals surface area contributed by atoms with Crippen molar-refractivity contribution < 1.29 is 4.74 Å². The molecule has 0 aromatic heterocycles. The minimum atomic E-state index is 0.114. The van der Waals surface area contributed by atoms with Crippen LogP contribution in [0.4, 0.5) is 0 Å². The summed E-state index contributed by atoms with van der Waals surface area (Å²) in [5.41, 5.74) is 0.114. The van der Waals surface area contributed by atoms with Crippen molar-refractivity contribution in [3.8, 4) is 0 Å². The van der Waals surface area contributed by atoms with E-state index in [0.717, 1.165) is 25.4 Å². The van der Waals surface area contributed by atoms with Crippen LogP contribution in [0.15, 0.2) is 12.2 Å². The van der Waals surface area contributed by atoms with Gasteiger partial charge in [-0.2, -0.15) is 0 Å². The first-order valence-corrected chi connectivity index (χ1v) is 4.41. The van der Waals surface area contributed by atoms with Crippen molar-refractivity contribution in [2.45, 2.75) is 39.2 Å². The molecule has 1 nitrogen and oxygen atoms in total. The van der Waals surface area contributed by atoms with Crippen LogP contribution >= 0.6 is 0 Å². The van der Waals surface area contributed by atoms with Gasteiger partial charge in [-0.05, 0) is 25.7 Å². The molecule has 0 amide bonds. The summed E-state index contributed by atoms with van der Waals surface area (Å²) in [4.78, 5) is 0. The second-order valence-corrected chi connectivity index (χ2v) is 4.03. The Morgan fingerprint density at radius 1 is 1.45 bits per heavy atom. The predicted octanol–water partition coefficient (Wildman–Crippen LogP) is 2.77. The van der Waals surface area contributed by atoms with E-state index < -0.39 is 0 Å². The van der Waals surface area contributed by atoms with Crippen molar-refractivity contribution in [3.63, 3.8) is 0 Å². The molecule has 0 saturated carbocycles. The Hall–Kier alpha value is -0.300. The molecule has 0 N–H and O–H groups in total. The van der Waals surface area contributed by atoms with Gasteiger partial charge in [0.15, 0.2) is 0 Å². The Kier molecular flexibility index (Phi) is 2.72. The number of hydrogen-bond donors (Lipinski definition) is 0. The molecule has 1 rings (SSSR count). The summed E-state index contributed by atoms with van der Waals surface area (Å²) in [6.07, 6.45) is 6.57. The molecule has 0 bridgehead atoms. The molecule has 11 heavy (non-hydrogen) atoms. The Balaban J connectivity index is 2.45. The zero-order chi connectivity index (χ0) is 8.32. The highest BCUT2D eigenvalue weighted by Crippen LogP contribution is 2.27. The van der Waals surface area contributed by atoms with E-state index in [4.69, 9.17) is 4.74 Å². The standard InChI is InChI=1S/C10H18O/c1-9(2)8-10(3)6-4-5-7-11-10/h4-5,9H,6-8H2,1-3H3. The second kappa shape index (κ2) is 3.40. The third-order valence-electron chi connectivity index (χ3n) is 2.08. The third kappa shape index (κ3) is 2.66. The van der Waals surface area contributed by atoms with Gasteiger partial charge in [-0.15, -0.1) is 0 Å². The van der Waals surface area contributed by atoms with E-state index in [2.05, 4.69) is 32.9 Å². The predicted molar refractivity (Wildman–Crippen MR) is 47.6 cm³/mol. The maximum Gasteiger partial charge on any atom is 0.0695 e. The summed E-state index contributed by atoms with van der Waals surface area (Å²) in [5.74, 6) is 0.728. The molecule has 0 aromatic rings. The van der Waals surface area contributed by atoms with Crippen molar-refractivity contribution in [2.24, 2.45) is 5.92 Å². The van der Waals surface area contributed by atoms with E-state index in [1.54, 1.807) is 0 Å². The first-order chi connectivity index (χ1) is 5.12. The van der Waals surface area contributed by atoms with E-state index in [1.807, 2.05) is 0 Å². The number of rotatable bonds is 2. The Morgan fingerprint density at radius 3 is 2.64 bits per heavy atom. The minimum Gasteiger partial charge on any atom is -0.371 e. The Bertz CT molecular complexity index is 149. The summed E-state index contributed by atoms with van der Waals surface area (Å²) in [7, 11) is 0. The monoisotopic (exact) mass is 154 g/mol. The lowest BCUT2D eigenvalue weighted by molar-refractivity contribution is -0.0359. The lowest BCUT2D eigenvalue weighted by atomic mass is 9.90. The maximum atomic E-state index is 5.69. The smallest absolute Gasteiger partial charge is 0.0695 e. The summed E-state index contributed by atoms with van der Waals surface area (Å²) in [5, 5.41) is 0. The van der Waals surface area contributed by atoms with E-state index in [-0.39, 0.29) is 5.60 Å². The zero-order valence-corrected chi connectivity index (χ0v) is 7.76. The molecule has 0 radical (unpaired) electrons. The first kappa shape index (κ1) is 8.79. The van der Waals surface area contributed by atoms with Crippen molar-refractivity contribution in [1.29, 1.82) is 0 Å². The highest BCUT2D eigenvalue weighted by molar-refractivity contribution is 4.95. The summed E-state index contributed by atoms with van der Waals surface area (Å²) in [6, 6.07) is 0. The van der Waals surface area contributed by atoms with E-state index in [1.165, 1.54) is 0 Å². The van der Waals surface area contributed by atoms with Crippen LogP contribution in [0.1, 0.15) is 33.6 Å². The average Bonchev–Trinajstić information content (AvgIpc) is 1.85. The lowest BCUT2D eigenvalue weighted by Gasteiger charge is -2.32. The van der Waals surface area contributed by atoms with Gasteiger partial charge in [0.05, 0.1) is 12.2 Å². The summed E-state index contributed by atoms with van der Waals surface area (Å²) in [6.45, 7) is 7.49. The molecule has 64 valence electrons. The quantitative estimate of drug-likeness (QED) is 0.556. The molecule has 1 atom stereocenters. The fraction of sp³-hybridized carbons (Fsp3) is 0.800. The highest BCUT2D eigenvalue weighted by atomic mass is 16.5. The van der Waals surface area contributed by atoms with Gasteiger partial charge in [-0.3, -0.25) is 0 Å². The van der Waals surface area contributed by atoms with Crippen molar-refractivity contribution in [1.82, 2.24) is 0 Å². The molecule has 0 aliphatic carbocycles. The summed E-state index contributed by atoms with van der Waals surface area (Å²) >= 11 is 0. The third-order valence-corrected chi connectivity index (χ3v) is 2.08. The molecule has 0 saturated heterocycles. The Morgan fingerprint density at radius 2 is 2.18 bits per heavy atom. The van der Waals surface area contributed by atoms with Crippen LogP contribution in [0.5, 0.6) is 0 Å². The molecule has 0 fully saturated rings. The molecule has 0 aromatic carbocycles. The van der Waals surface area contributed by atoms with E-state index in [0.29, 0.717) is 0 Å². The average molecular weight is 154 g/mol. The van der Waals surface area contributed by atoms with Gasteiger partial charge in [0.1, 0.15) is 0 Å². The zero-order valence-electron chi connectivity index (χ0n) is 7.76. The fourth-order valence-electron chi connectivity index (χ4n) is 1.71. The first-order valence-electron chi connectivity index (χ1n) is 4.41. The van der Waals surface area contributed by atoms with Gasteiger partial charge >= 0.3 is 0 Å². The van der Waals surface area contributed by atoms with E-state index >= 15 is 0 Å². The van der Waals surface area contributed by atoms with Crippen LogP contribution in [0.25, 0.3) is 0 Å². The molecular weight excluding hydrogens is 136 g/mol. The van der Waals surface area contributed by atoms with Gasteiger partial charge in [0.2, 0.25) is 0 Å². The van der Waals surface area contributed by atoms with Gasteiger partial charge in [-0.1, -0.05) is 26.0 Å². The van der Waals surface area contributed by atoms with Crippen molar-refractivity contribution in [2.75, 3.05) is 6.61 Å². The fourth-order valence-corrected chi connectivity index (χ4v) is 1.71. The van der Waals surface area contributed by atoms with Gasteiger partial charge in [0.25, 0.3) is 0 Å². The lowest BCUT2D eigenvalue weighted by Crippen LogP contribution is -2.32. The number of hydrogen-bond acceptors (Lipinski definition) is 1. The van der Waals surface area contributed by atoms with Crippen LogP contribution < -0.4 is 0 Å². The van der Waals surface area contributed by atoms with Gasteiger partial charge < -0.3 is 4.74 Å². The SMILES string of the molecule is CC(C)CC1(C)CC=CCO1. The van der Waals surface area contributed by atoms with Crippen LogP contribution in [-0.2, 0) is 4.74 Å². The van der Waals surface area contributed by atoms with Crippen LogP contribution in [0.2, 0.25) is 0 Å². The van der Waals surface area contributed by atoms with Crippen LogP contribution in [-0.4, -0.2) is 12.2 Å². The van der Waals surface area contributed by atoms with E-state index in [9.17, 15) is 0 Å². The van der Waals surface area contributed by atoms with Crippen molar-refractivity contribution in [3.05, 3.63) is 12.2 Å². The highest BCUT2D eigenvalue weighted by Gasteiger charge is 2.25. The molecule has 1 aliphatic rings.